The molecule has 1 aliphatic rings. The molecule has 5 nitrogen and oxygen atoms in total. The molecular weight excluding hydrogens is 309 g/mol. The molecule has 1 heterocycles. The van der Waals surface area contributed by atoms with E-state index < -0.39 is 0 Å². The Balaban J connectivity index is 1.50. The molecule has 2 aromatic rings. The van der Waals surface area contributed by atoms with Crippen LogP contribution in [0.25, 0.3) is 10.9 Å². The Hall–Kier alpha value is -2.08. The normalized spacial score (nSPS) is 20.5. The number of rotatable bonds is 5. The number of aliphatic hydroxyl groups is 1. The first-order chi connectivity index (χ1) is 11.5. The van der Waals surface area contributed by atoms with Crippen molar-refractivity contribution >= 4 is 16.9 Å². The summed E-state index contributed by atoms with van der Waals surface area (Å²) in [5, 5.41) is 13.6. The zero-order chi connectivity index (χ0) is 17.1. The minimum absolute atomic E-state index is 0.139. The standard InChI is InChI=1S/C18H24FN3O2/c1-22(11-13-3-2-4-17(13)23)18(24)20-8-7-12-10-21-16-6-5-14(19)9-15(12)16/h5-6,9-10,13,17,21,23H,2-4,7-8,11H2,1H3,(H,20,24). The molecule has 2 atom stereocenters. The number of aromatic nitrogens is 1. The quantitative estimate of drug-likeness (QED) is 0.787. The maximum absolute atomic E-state index is 13.4. The van der Waals surface area contributed by atoms with Gasteiger partial charge in [-0.1, -0.05) is 6.42 Å². The van der Waals surface area contributed by atoms with Crippen molar-refractivity contribution in [2.45, 2.75) is 31.8 Å². The number of hydrogen-bond donors (Lipinski definition) is 3. The molecule has 1 aromatic carbocycles. The van der Waals surface area contributed by atoms with Gasteiger partial charge in [-0.3, -0.25) is 0 Å². The second-order valence-corrected chi connectivity index (χ2v) is 6.62. The van der Waals surface area contributed by atoms with Crippen molar-refractivity contribution in [3.8, 4) is 0 Å². The van der Waals surface area contributed by atoms with Gasteiger partial charge in [0.15, 0.2) is 0 Å². The molecule has 0 aliphatic heterocycles. The van der Waals surface area contributed by atoms with E-state index in [9.17, 15) is 14.3 Å². The van der Waals surface area contributed by atoms with Gasteiger partial charge in [0.05, 0.1) is 6.10 Å². The molecule has 2 amide bonds. The molecule has 0 radical (unpaired) electrons. The lowest BCUT2D eigenvalue weighted by molar-refractivity contribution is 0.114. The molecule has 1 saturated carbocycles. The van der Waals surface area contributed by atoms with Crippen LogP contribution in [0.2, 0.25) is 0 Å². The molecule has 1 aromatic heterocycles. The van der Waals surface area contributed by atoms with E-state index >= 15 is 0 Å². The van der Waals surface area contributed by atoms with Crippen LogP contribution in [0, 0.1) is 11.7 Å². The summed E-state index contributed by atoms with van der Waals surface area (Å²) in [6.07, 6.45) is 5.03. The van der Waals surface area contributed by atoms with Gasteiger partial charge in [0.2, 0.25) is 0 Å². The van der Waals surface area contributed by atoms with Crippen LogP contribution in [0.4, 0.5) is 9.18 Å². The number of hydrogen-bond acceptors (Lipinski definition) is 2. The lowest BCUT2D eigenvalue weighted by Gasteiger charge is -2.23. The van der Waals surface area contributed by atoms with Gasteiger partial charge >= 0.3 is 6.03 Å². The van der Waals surface area contributed by atoms with Gasteiger partial charge in [0.25, 0.3) is 0 Å². The highest BCUT2D eigenvalue weighted by Gasteiger charge is 2.27. The number of carbonyl (C=O) groups excluding carboxylic acids is 1. The lowest BCUT2D eigenvalue weighted by atomic mass is 10.1. The summed E-state index contributed by atoms with van der Waals surface area (Å²) in [6, 6.07) is 4.51. The number of nitrogens with one attached hydrogen (secondary N) is 2. The molecular formula is C18H24FN3O2. The average Bonchev–Trinajstić information content (AvgIpc) is 3.14. The van der Waals surface area contributed by atoms with Crippen molar-refractivity contribution in [2.24, 2.45) is 5.92 Å². The maximum Gasteiger partial charge on any atom is 0.317 e. The van der Waals surface area contributed by atoms with Crippen molar-refractivity contribution < 1.29 is 14.3 Å². The highest BCUT2D eigenvalue weighted by atomic mass is 19.1. The molecule has 0 saturated heterocycles. The second kappa shape index (κ2) is 7.21. The predicted octanol–water partition coefficient (Wildman–Crippen LogP) is 2.65. The average molecular weight is 333 g/mol. The van der Waals surface area contributed by atoms with Crippen LogP contribution in [0.15, 0.2) is 24.4 Å². The lowest BCUT2D eigenvalue weighted by Crippen LogP contribution is -2.41. The number of nitrogens with zero attached hydrogens (tertiary/aromatic N) is 1. The molecule has 24 heavy (non-hydrogen) atoms. The summed E-state index contributed by atoms with van der Waals surface area (Å²) in [5.41, 5.74) is 1.88. The zero-order valence-electron chi connectivity index (χ0n) is 13.9. The number of benzene rings is 1. The molecule has 6 heteroatoms. The van der Waals surface area contributed by atoms with Gasteiger partial charge in [-0.25, -0.2) is 9.18 Å². The van der Waals surface area contributed by atoms with Crippen LogP contribution in [0.5, 0.6) is 0 Å². The predicted molar refractivity (Wildman–Crippen MR) is 91.3 cm³/mol. The van der Waals surface area contributed by atoms with Gasteiger partial charge in [0, 0.05) is 43.2 Å². The van der Waals surface area contributed by atoms with E-state index in [0.717, 1.165) is 35.7 Å². The fraction of sp³-hybridized carbons (Fsp3) is 0.500. The van der Waals surface area contributed by atoms with E-state index in [1.807, 2.05) is 6.20 Å². The van der Waals surface area contributed by atoms with Crippen molar-refractivity contribution in [3.05, 3.63) is 35.8 Å². The molecule has 1 fully saturated rings. The minimum Gasteiger partial charge on any atom is -0.393 e. The molecule has 130 valence electrons. The summed E-state index contributed by atoms with van der Waals surface area (Å²) in [7, 11) is 1.75. The van der Waals surface area contributed by atoms with Gasteiger partial charge in [-0.15, -0.1) is 0 Å². The minimum atomic E-state index is -0.290. The highest BCUT2D eigenvalue weighted by Crippen LogP contribution is 2.26. The zero-order valence-corrected chi connectivity index (χ0v) is 13.9. The van der Waals surface area contributed by atoms with E-state index in [2.05, 4.69) is 10.3 Å². The fourth-order valence-corrected chi connectivity index (χ4v) is 3.46. The molecule has 1 aliphatic carbocycles. The topological polar surface area (TPSA) is 68.4 Å². The van der Waals surface area contributed by atoms with E-state index in [0.29, 0.717) is 19.5 Å². The Labute approximate surface area is 140 Å². The van der Waals surface area contributed by atoms with Gasteiger partial charge < -0.3 is 20.3 Å². The van der Waals surface area contributed by atoms with E-state index in [1.165, 1.54) is 12.1 Å². The number of aromatic amines is 1. The number of amides is 2. The SMILES string of the molecule is CN(CC1CCCC1O)C(=O)NCCc1c[nH]c2ccc(F)cc12. The summed E-state index contributed by atoms with van der Waals surface area (Å²) in [6.45, 7) is 1.06. The third-order valence-electron chi connectivity index (χ3n) is 4.87. The molecule has 3 N–H and O–H groups in total. The number of aliphatic hydroxyl groups excluding tert-OH is 1. The Morgan fingerprint density at radius 1 is 1.46 bits per heavy atom. The van der Waals surface area contributed by atoms with Crippen LogP contribution in [-0.2, 0) is 6.42 Å². The molecule has 0 bridgehead atoms. The molecule has 0 spiro atoms. The second-order valence-electron chi connectivity index (χ2n) is 6.62. The van der Waals surface area contributed by atoms with Gasteiger partial charge in [0.1, 0.15) is 5.82 Å². The van der Waals surface area contributed by atoms with E-state index in [-0.39, 0.29) is 23.9 Å². The van der Waals surface area contributed by atoms with E-state index in [4.69, 9.17) is 0 Å². The summed E-state index contributed by atoms with van der Waals surface area (Å²) in [5.74, 6) is -0.0837. The summed E-state index contributed by atoms with van der Waals surface area (Å²) < 4.78 is 13.4. The Morgan fingerprint density at radius 2 is 2.29 bits per heavy atom. The fourth-order valence-electron chi connectivity index (χ4n) is 3.46. The van der Waals surface area contributed by atoms with E-state index in [1.54, 1.807) is 18.0 Å². The van der Waals surface area contributed by atoms with Crippen molar-refractivity contribution in [1.29, 1.82) is 0 Å². The number of carbonyl (C=O) groups is 1. The first kappa shape index (κ1) is 16.8. The van der Waals surface area contributed by atoms with Gasteiger partial charge in [-0.2, -0.15) is 0 Å². The molecule has 3 rings (SSSR count). The van der Waals surface area contributed by atoms with Crippen LogP contribution in [0.3, 0.4) is 0 Å². The molecule has 2 unspecified atom stereocenters. The third kappa shape index (κ3) is 3.70. The number of fused-ring (bicyclic) bond motifs is 1. The summed E-state index contributed by atoms with van der Waals surface area (Å²) in [4.78, 5) is 16.9. The summed E-state index contributed by atoms with van der Waals surface area (Å²) >= 11 is 0. The van der Waals surface area contributed by atoms with Gasteiger partial charge in [-0.05, 0) is 43.0 Å². The maximum atomic E-state index is 13.4. The van der Waals surface area contributed by atoms with Crippen molar-refractivity contribution in [3.63, 3.8) is 0 Å². The Bertz CT molecular complexity index is 715. The number of urea groups is 1. The van der Waals surface area contributed by atoms with Crippen LogP contribution in [0.1, 0.15) is 24.8 Å². The van der Waals surface area contributed by atoms with Crippen LogP contribution >= 0.6 is 0 Å². The first-order valence-electron chi connectivity index (χ1n) is 8.47. The van der Waals surface area contributed by atoms with Crippen LogP contribution < -0.4 is 5.32 Å². The smallest absolute Gasteiger partial charge is 0.317 e. The number of halogens is 1. The third-order valence-corrected chi connectivity index (χ3v) is 4.87. The van der Waals surface area contributed by atoms with Crippen molar-refractivity contribution in [2.75, 3.05) is 20.1 Å². The highest BCUT2D eigenvalue weighted by molar-refractivity contribution is 5.83. The largest absolute Gasteiger partial charge is 0.393 e. The van der Waals surface area contributed by atoms with Crippen molar-refractivity contribution in [1.82, 2.24) is 15.2 Å². The number of H-pyrrole nitrogens is 1. The first-order valence-corrected chi connectivity index (χ1v) is 8.47. The van der Waals surface area contributed by atoms with Crippen LogP contribution in [-0.4, -0.2) is 47.3 Å². The monoisotopic (exact) mass is 333 g/mol. The Morgan fingerprint density at radius 3 is 3.04 bits per heavy atom. The Kier molecular flexibility index (Phi) is 5.04.